The Kier molecular flexibility index (Phi) is 23.2. The van der Waals surface area contributed by atoms with E-state index in [1.54, 1.807) is 0 Å². The first-order chi connectivity index (χ1) is 34.9. The first kappa shape index (κ1) is 62.2. The van der Waals surface area contributed by atoms with Gasteiger partial charge in [0, 0.05) is 69.9 Å². The van der Waals surface area contributed by atoms with Gasteiger partial charge < -0.3 is 33.9 Å². The van der Waals surface area contributed by atoms with Gasteiger partial charge in [-0.3, -0.25) is 37.4 Å². The molecule has 0 bridgehead atoms. The molecule has 4 aromatic heterocycles. The standard InChI is InChI=1S/C24H26F3N3O6.C24H28F3N3O5.CH2O2.Zn/c1-15(2)8-9-18-19(35-16-6-4-7-17(12-16)36-24(25,26)27)13-28-21-20(18)22(32)30(23(33)29(21)3)10-5-11-34-14-31;1-5-6-10-30-22(32)20-19(17(31)11-14(2)3)18(13-28-21(20)29(4)23(30)33)34-15-8-7-9-16(12-15)35-24(25,26)27;2-1-3;/h4,6-7,12-15H,5,8-11H2,1-3H3;7-9,12-14,17,31H,5-6,10-11H2,1-4H3;1H,(H,2,3);. The number of ether oxygens (including phenoxy) is 5. The summed E-state index contributed by atoms with van der Waals surface area (Å²) in [7, 11) is 2.97. The second-order valence-electron chi connectivity index (χ2n) is 17.2. The molecule has 2 N–H and O–H groups in total. The molecule has 26 heteroatoms. The molecule has 0 saturated heterocycles. The molecule has 6 rings (SSSR count). The zero-order chi connectivity index (χ0) is 55.1. The molecule has 0 aliphatic rings. The largest absolute Gasteiger partial charge is 0.573 e. The minimum atomic E-state index is -4.88. The molecule has 2 aromatic carbocycles. The van der Waals surface area contributed by atoms with Crippen molar-refractivity contribution in [1.29, 1.82) is 0 Å². The SMILES string of the molecule is CC(C)CCc1c(Oc2cccc(OC(F)(F)F)c2)cnc2c1c(=O)n(CCCOC=O)c(=O)n2C.CCCCn1c(=O)c2c(C(O)CC(C)C)c(Oc3cccc(OC(F)(F)F)c3)cnc2n(C)c1=O.O=CO.[Zn]. The van der Waals surface area contributed by atoms with Gasteiger partial charge in [0.2, 0.25) is 0 Å². The second kappa shape index (κ2) is 28.0. The fraction of sp³-hybridized carbons (Fsp3) is 0.429. The predicted molar refractivity (Wildman–Crippen MR) is 257 cm³/mol. The van der Waals surface area contributed by atoms with Gasteiger partial charge in [-0.15, -0.1) is 26.3 Å². The Morgan fingerprint density at radius 2 is 1.15 bits per heavy atom. The number of aliphatic hydroxyl groups excluding tert-OH is 1. The summed E-state index contributed by atoms with van der Waals surface area (Å²) >= 11 is 0. The molecular weight excluding hydrogens is 1060 g/mol. The van der Waals surface area contributed by atoms with E-state index in [1.165, 1.54) is 59.9 Å². The van der Waals surface area contributed by atoms with Crippen molar-refractivity contribution in [3.63, 3.8) is 0 Å². The Hall–Kier alpha value is -7.08. The smallest absolute Gasteiger partial charge is 0.483 e. The van der Waals surface area contributed by atoms with Gasteiger partial charge in [-0.2, -0.15) is 0 Å². The number of carboxylic acid groups (broad SMARTS) is 1. The van der Waals surface area contributed by atoms with Gasteiger partial charge in [-0.1, -0.05) is 53.2 Å². The number of aryl methyl sites for hydroxylation is 3. The Balaban J connectivity index is 0.000000371. The number of carbonyl (C=O) groups is 2. The third kappa shape index (κ3) is 17.2. The Morgan fingerprint density at radius 3 is 1.61 bits per heavy atom. The number of rotatable bonds is 20. The molecule has 0 radical (unpaired) electrons. The van der Waals surface area contributed by atoms with E-state index in [4.69, 9.17) is 19.4 Å². The molecule has 0 spiro atoms. The van der Waals surface area contributed by atoms with Gasteiger partial charge in [0.05, 0.1) is 35.9 Å². The molecule has 6 aromatic rings. The van der Waals surface area contributed by atoms with Crippen molar-refractivity contribution in [3.8, 4) is 34.5 Å². The fourth-order valence-electron chi connectivity index (χ4n) is 7.48. The topological polar surface area (TPSA) is 235 Å². The molecule has 0 amide bonds. The number of aliphatic hydroxyl groups is 1. The molecule has 404 valence electrons. The van der Waals surface area contributed by atoms with Crippen LogP contribution in [0.1, 0.15) is 84.0 Å². The quantitative estimate of drug-likeness (QED) is 0.0317. The van der Waals surface area contributed by atoms with E-state index in [0.29, 0.717) is 24.8 Å². The number of halogens is 6. The van der Waals surface area contributed by atoms with Crippen LogP contribution >= 0.6 is 0 Å². The number of fused-ring (bicyclic) bond motifs is 2. The maximum atomic E-state index is 13.4. The van der Waals surface area contributed by atoms with Crippen LogP contribution < -0.4 is 41.4 Å². The number of nitrogens with zero attached hydrogens (tertiary/aromatic N) is 6. The van der Waals surface area contributed by atoms with Crippen LogP contribution in [0.5, 0.6) is 34.5 Å². The maximum Gasteiger partial charge on any atom is 0.573 e. The Labute approximate surface area is 437 Å². The van der Waals surface area contributed by atoms with E-state index in [9.17, 15) is 55.4 Å². The summed E-state index contributed by atoms with van der Waals surface area (Å²) in [4.78, 5) is 79.7. The van der Waals surface area contributed by atoms with E-state index in [-0.39, 0.29) is 127 Å². The molecule has 1 atom stereocenters. The monoisotopic (exact) mass is 1110 g/mol. The van der Waals surface area contributed by atoms with E-state index in [2.05, 4.69) is 24.2 Å². The van der Waals surface area contributed by atoms with E-state index in [1.807, 2.05) is 34.6 Å². The first-order valence-electron chi connectivity index (χ1n) is 23.0. The van der Waals surface area contributed by atoms with Crippen LogP contribution in [-0.4, -0.2) is 70.7 Å². The van der Waals surface area contributed by atoms with Crippen molar-refractivity contribution in [2.45, 2.75) is 105 Å². The van der Waals surface area contributed by atoms with Crippen LogP contribution in [0.25, 0.3) is 22.1 Å². The normalized spacial score (nSPS) is 11.7. The third-order valence-electron chi connectivity index (χ3n) is 10.8. The number of aromatic nitrogens is 6. The molecule has 1 unspecified atom stereocenters. The Bertz CT molecular complexity index is 3140. The molecular formula is C49H56F6N6O13Zn. The van der Waals surface area contributed by atoms with Gasteiger partial charge >= 0.3 is 24.1 Å². The number of unbranched alkanes of at least 4 members (excludes halogenated alkanes) is 1. The minimum Gasteiger partial charge on any atom is -0.483 e. The van der Waals surface area contributed by atoms with Crippen LogP contribution in [0.2, 0.25) is 0 Å². The summed E-state index contributed by atoms with van der Waals surface area (Å²) < 4.78 is 105. The van der Waals surface area contributed by atoms with Crippen LogP contribution in [-0.2, 0) is 67.4 Å². The van der Waals surface area contributed by atoms with Crippen LogP contribution in [0, 0.1) is 11.8 Å². The fourth-order valence-corrected chi connectivity index (χ4v) is 7.48. The number of hydrogen-bond acceptors (Lipinski definition) is 14. The second-order valence-corrected chi connectivity index (χ2v) is 17.2. The number of pyridine rings is 2. The molecule has 0 aliphatic heterocycles. The van der Waals surface area contributed by atoms with E-state index >= 15 is 0 Å². The maximum absolute atomic E-state index is 13.4. The number of benzene rings is 2. The molecule has 0 saturated carbocycles. The van der Waals surface area contributed by atoms with Gasteiger partial charge in [0.15, 0.2) is 5.75 Å². The minimum absolute atomic E-state index is 0. The molecule has 19 nitrogen and oxygen atoms in total. The van der Waals surface area contributed by atoms with Gasteiger partial charge in [0.25, 0.3) is 24.1 Å². The summed E-state index contributed by atoms with van der Waals surface area (Å²) in [5.41, 5.74) is -1.46. The van der Waals surface area contributed by atoms with Crippen molar-refractivity contribution in [3.05, 3.63) is 114 Å². The van der Waals surface area contributed by atoms with Crippen LogP contribution in [0.15, 0.2) is 80.1 Å². The number of hydrogen-bond donors (Lipinski definition) is 2. The van der Waals surface area contributed by atoms with Gasteiger partial charge in [-0.05, 0) is 68.2 Å². The van der Waals surface area contributed by atoms with Crippen molar-refractivity contribution in [1.82, 2.24) is 28.2 Å². The van der Waals surface area contributed by atoms with Gasteiger partial charge in [0.1, 0.15) is 40.0 Å². The van der Waals surface area contributed by atoms with Crippen LogP contribution in [0.3, 0.4) is 0 Å². The number of alkyl halides is 6. The van der Waals surface area contributed by atoms with Crippen molar-refractivity contribution in [2.75, 3.05) is 6.61 Å². The zero-order valence-electron chi connectivity index (χ0n) is 42.1. The zero-order valence-corrected chi connectivity index (χ0v) is 45.0. The Morgan fingerprint density at radius 1 is 0.693 bits per heavy atom. The van der Waals surface area contributed by atoms with Crippen LogP contribution in [0.4, 0.5) is 26.3 Å². The summed E-state index contributed by atoms with van der Waals surface area (Å²) in [6.45, 7) is 9.99. The summed E-state index contributed by atoms with van der Waals surface area (Å²) in [5, 5.41) is 18.2. The average molecular weight is 1120 g/mol. The summed E-state index contributed by atoms with van der Waals surface area (Å²) in [6, 6.07) is 9.90. The van der Waals surface area contributed by atoms with Crippen molar-refractivity contribution in [2.24, 2.45) is 25.9 Å². The first-order valence-corrected chi connectivity index (χ1v) is 23.0. The van der Waals surface area contributed by atoms with Crippen molar-refractivity contribution < 1.29 is 89.3 Å². The predicted octanol–water partition coefficient (Wildman–Crippen LogP) is 8.30. The molecule has 75 heavy (non-hydrogen) atoms. The van der Waals surface area contributed by atoms with E-state index in [0.717, 1.165) is 39.8 Å². The van der Waals surface area contributed by atoms with Crippen molar-refractivity contribution >= 4 is 35.0 Å². The molecule has 4 heterocycles. The van der Waals surface area contributed by atoms with E-state index < -0.39 is 52.8 Å². The molecule has 0 aliphatic carbocycles. The number of carbonyl (C=O) groups excluding carboxylic acids is 1. The average Bonchev–Trinajstić information content (AvgIpc) is 3.31. The third-order valence-corrected chi connectivity index (χ3v) is 10.8. The summed E-state index contributed by atoms with van der Waals surface area (Å²) in [6.07, 6.45) is -5.38. The molecule has 0 fully saturated rings. The van der Waals surface area contributed by atoms with Gasteiger partial charge in [-0.25, -0.2) is 19.6 Å². The summed E-state index contributed by atoms with van der Waals surface area (Å²) in [5.74, 6) is -0.426.